The van der Waals surface area contributed by atoms with Crippen molar-refractivity contribution in [2.75, 3.05) is 20.1 Å². The lowest BCUT2D eigenvalue weighted by Crippen LogP contribution is -2.52. The first-order chi connectivity index (χ1) is 8.56. The summed E-state index contributed by atoms with van der Waals surface area (Å²) in [4.78, 5) is 25.0. The minimum absolute atomic E-state index is 0.0454. The highest BCUT2D eigenvalue weighted by molar-refractivity contribution is 5.86. The Balaban J connectivity index is 2.58. The molecule has 18 heavy (non-hydrogen) atoms. The van der Waals surface area contributed by atoms with E-state index in [1.807, 2.05) is 0 Å². The minimum Gasteiger partial charge on any atom is -0.352 e. The van der Waals surface area contributed by atoms with Crippen LogP contribution < -0.4 is 16.4 Å². The van der Waals surface area contributed by atoms with Crippen molar-refractivity contribution in [1.29, 1.82) is 0 Å². The van der Waals surface area contributed by atoms with E-state index < -0.39 is 12.1 Å². The lowest BCUT2D eigenvalue weighted by atomic mass is 10.1. The Morgan fingerprint density at radius 3 is 2.78 bits per heavy atom. The molecule has 0 aromatic carbocycles. The van der Waals surface area contributed by atoms with E-state index in [1.54, 1.807) is 11.9 Å². The molecule has 6 nitrogen and oxygen atoms in total. The molecule has 0 aliphatic carbocycles. The molecule has 0 bridgehead atoms. The second-order valence-corrected chi connectivity index (χ2v) is 4.80. The molecule has 1 rings (SSSR count). The first-order valence-electron chi connectivity index (χ1n) is 6.59. The number of urea groups is 1. The monoisotopic (exact) mass is 256 g/mol. The third kappa shape index (κ3) is 4.18. The van der Waals surface area contributed by atoms with E-state index in [4.69, 9.17) is 5.73 Å². The topological polar surface area (TPSA) is 87.5 Å². The number of likely N-dealkylation sites (N-methyl/N-ethyl adjacent to an activating group) is 1. The van der Waals surface area contributed by atoms with Crippen molar-refractivity contribution in [2.45, 2.75) is 44.7 Å². The number of nitrogens with zero attached hydrogens (tertiary/aromatic N) is 1. The maximum Gasteiger partial charge on any atom is 0.312 e. The van der Waals surface area contributed by atoms with Crippen LogP contribution in [0.25, 0.3) is 0 Å². The summed E-state index contributed by atoms with van der Waals surface area (Å²) < 4.78 is 0. The van der Waals surface area contributed by atoms with Gasteiger partial charge in [0.15, 0.2) is 0 Å². The zero-order chi connectivity index (χ0) is 13.5. The lowest BCUT2D eigenvalue weighted by molar-refractivity contribution is -0.133. The van der Waals surface area contributed by atoms with Crippen LogP contribution in [-0.4, -0.2) is 49.1 Å². The molecule has 0 radical (unpaired) electrons. The van der Waals surface area contributed by atoms with Crippen LogP contribution >= 0.6 is 0 Å². The maximum atomic E-state index is 12.3. The van der Waals surface area contributed by atoms with Crippen molar-refractivity contribution in [2.24, 2.45) is 5.73 Å². The summed E-state index contributed by atoms with van der Waals surface area (Å²) in [5, 5.41) is 5.77. The molecular weight excluding hydrogens is 232 g/mol. The van der Waals surface area contributed by atoms with E-state index in [9.17, 15) is 9.59 Å². The summed E-state index contributed by atoms with van der Waals surface area (Å²) in [5.41, 5.74) is 5.12. The molecule has 1 aliphatic heterocycles. The Bertz CT molecular complexity index is 290. The zero-order valence-corrected chi connectivity index (χ0v) is 11.2. The van der Waals surface area contributed by atoms with Gasteiger partial charge >= 0.3 is 6.03 Å². The summed E-state index contributed by atoms with van der Waals surface area (Å²) in [6.45, 7) is 3.81. The number of carbonyl (C=O) groups excluding carboxylic acids is 2. The van der Waals surface area contributed by atoms with Gasteiger partial charge in [-0.25, -0.2) is 4.79 Å². The molecular formula is C12H24N4O2. The van der Waals surface area contributed by atoms with Gasteiger partial charge in [-0.2, -0.15) is 0 Å². The Morgan fingerprint density at radius 2 is 2.28 bits per heavy atom. The normalized spacial score (nSPS) is 20.4. The van der Waals surface area contributed by atoms with Gasteiger partial charge < -0.3 is 21.3 Å². The van der Waals surface area contributed by atoms with Crippen LogP contribution in [0.4, 0.5) is 4.79 Å². The number of nitrogens with one attached hydrogen (secondary N) is 2. The standard InChI is InChI=1S/C12H24N4O2/c1-3-4-5-10(15-12(13)18)11(17)16(2)9-6-7-14-8-9/h9-10,14H,3-8H2,1-2H3,(H3,13,15,18). The smallest absolute Gasteiger partial charge is 0.312 e. The van der Waals surface area contributed by atoms with E-state index in [-0.39, 0.29) is 11.9 Å². The molecule has 104 valence electrons. The Morgan fingerprint density at radius 1 is 1.56 bits per heavy atom. The summed E-state index contributed by atoms with van der Waals surface area (Å²) in [6, 6.07) is -0.910. The summed E-state index contributed by atoms with van der Waals surface area (Å²) in [7, 11) is 1.79. The quantitative estimate of drug-likeness (QED) is 0.626. The molecule has 2 atom stereocenters. The van der Waals surface area contributed by atoms with Crippen LogP contribution in [0.1, 0.15) is 32.6 Å². The van der Waals surface area contributed by atoms with Crippen LogP contribution in [0.3, 0.4) is 0 Å². The van der Waals surface area contributed by atoms with Crippen molar-refractivity contribution < 1.29 is 9.59 Å². The van der Waals surface area contributed by atoms with Gasteiger partial charge in [0, 0.05) is 19.6 Å². The number of hydrogen-bond donors (Lipinski definition) is 3. The van der Waals surface area contributed by atoms with E-state index in [1.165, 1.54) is 0 Å². The lowest BCUT2D eigenvalue weighted by Gasteiger charge is -2.28. The number of primary amides is 1. The van der Waals surface area contributed by atoms with Gasteiger partial charge in [-0.05, 0) is 19.4 Å². The first kappa shape index (κ1) is 14.8. The highest BCUT2D eigenvalue weighted by atomic mass is 16.2. The first-order valence-corrected chi connectivity index (χ1v) is 6.59. The van der Waals surface area contributed by atoms with Gasteiger partial charge in [-0.1, -0.05) is 19.8 Å². The number of rotatable bonds is 6. The number of carbonyl (C=O) groups is 2. The maximum absolute atomic E-state index is 12.3. The Kier molecular flexibility index (Phi) is 5.91. The summed E-state index contributed by atoms with van der Waals surface area (Å²) in [5.74, 6) is -0.0454. The fraction of sp³-hybridized carbons (Fsp3) is 0.833. The largest absolute Gasteiger partial charge is 0.352 e. The van der Waals surface area contributed by atoms with Gasteiger partial charge in [-0.3, -0.25) is 4.79 Å². The fourth-order valence-electron chi connectivity index (χ4n) is 2.23. The number of nitrogens with two attached hydrogens (primary N) is 1. The van der Waals surface area contributed by atoms with Gasteiger partial charge in [0.25, 0.3) is 0 Å². The molecule has 1 saturated heterocycles. The molecule has 6 heteroatoms. The minimum atomic E-state index is -0.637. The molecule has 0 aromatic rings. The van der Waals surface area contributed by atoms with Crippen LogP contribution in [0.15, 0.2) is 0 Å². The molecule has 1 fully saturated rings. The van der Waals surface area contributed by atoms with E-state index in [2.05, 4.69) is 17.6 Å². The highest BCUT2D eigenvalue weighted by Crippen LogP contribution is 2.10. The average Bonchev–Trinajstić information content (AvgIpc) is 2.85. The third-order valence-electron chi connectivity index (χ3n) is 3.39. The van der Waals surface area contributed by atoms with E-state index in [0.717, 1.165) is 32.4 Å². The van der Waals surface area contributed by atoms with Crippen LogP contribution in [0.2, 0.25) is 0 Å². The van der Waals surface area contributed by atoms with Gasteiger partial charge in [-0.15, -0.1) is 0 Å². The predicted octanol–water partition coefficient (Wildman–Crippen LogP) is 0.0338. The van der Waals surface area contributed by atoms with Crippen LogP contribution in [0.5, 0.6) is 0 Å². The van der Waals surface area contributed by atoms with Gasteiger partial charge in [0.05, 0.1) is 0 Å². The summed E-state index contributed by atoms with van der Waals surface area (Å²) >= 11 is 0. The van der Waals surface area contributed by atoms with E-state index >= 15 is 0 Å². The Labute approximate surface area is 108 Å². The number of hydrogen-bond acceptors (Lipinski definition) is 3. The molecule has 2 unspecified atom stereocenters. The SMILES string of the molecule is CCCCC(NC(N)=O)C(=O)N(C)C1CCNC1. The molecule has 0 spiro atoms. The molecule has 0 aromatic heterocycles. The van der Waals surface area contributed by atoms with Gasteiger partial charge in [0.2, 0.25) is 5.91 Å². The zero-order valence-electron chi connectivity index (χ0n) is 11.2. The number of unbranched alkanes of at least 4 members (excludes halogenated alkanes) is 1. The average molecular weight is 256 g/mol. The van der Waals surface area contributed by atoms with Crippen molar-refractivity contribution >= 4 is 11.9 Å². The fourth-order valence-corrected chi connectivity index (χ4v) is 2.23. The third-order valence-corrected chi connectivity index (χ3v) is 3.39. The number of amides is 3. The highest BCUT2D eigenvalue weighted by Gasteiger charge is 2.28. The second-order valence-electron chi connectivity index (χ2n) is 4.80. The molecule has 3 amide bonds. The van der Waals surface area contributed by atoms with Crippen LogP contribution in [-0.2, 0) is 4.79 Å². The van der Waals surface area contributed by atoms with Crippen LogP contribution in [0, 0.1) is 0 Å². The Hall–Kier alpha value is -1.30. The molecule has 1 aliphatic rings. The summed E-state index contributed by atoms with van der Waals surface area (Å²) in [6.07, 6.45) is 3.48. The van der Waals surface area contributed by atoms with E-state index in [0.29, 0.717) is 6.42 Å². The molecule has 4 N–H and O–H groups in total. The van der Waals surface area contributed by atoms with Crippen molar-refractivity contribution in [3.63, 3.8) is 0 Å². The van der Waals surface area contributed by atoms with Crippen molar-refractivity contribution in [1.82, 2.24) is 15.5 Å². The van der Waals surface area contributed by atoms with Gasteiger partial charge in [0.1, 0.15) is 6.04 Å². The second kappa shape index (κ2) is 7.20. The van der Waals surface area contributed by atoms with Crippen molar-refractivity contribution in [3.05, 3.63) is 0 Å². The van der Waals surface area contributed by atoms with Crippen molar-refractivity contribution in [3.8, 4) is 0 Å². The molecule has 1 heterocycles. The predicted molar refractivity (Wildman–Crippen MR) is 70.1 cm³/mol. The molecule has 0 saturated carbocycles.